The van der Waals surface area contributed by atoms with Gasteiger partial charge in [-0.15, -0.1) is 0 Å². The molecule has 114 valence electrons. The molecule has 0 aromatic carbocycles. The fourth-order valence-electron chi connectivity index (χ4n) is 2.15. The summed E-state index contributed by atoms with van der Waals surface area (Å²) in [7, 11) is 2.03. The molecule has 0 aliphatic heterocycles. The van der Waals surface area contributed by atoms with Crippen LogP contribution in [0.5, 0.6) is 0 Å². The van der Waals surface area contributed by atoms with Gasteiger partial charge in [-0.2, -0.15) is 0 Å². The van der Waals surface area contributed by atoms with Crippen LogP contribution >= 0.6 is 0 Å². The lowest BCUT2D eigenvalue weighted by Gasteiger charge is -2.17. The Balaban J connectivity index is 1.95. The molecule has 0 atom stereocenters. The number of furan rings is 1. The van der Waals surface area contributed by atoms with Crippen molar-refractivity contribution in [1.29, 1.82) is 0 Å². The highest BCUT2D eigenvalue weighted by Crippen LogP contribution is 2.15. The molecule has 2 aromatic rings. The average molecular weight is 287 g/mol. The Bertz CT molecular complexity index is 563. The second-order valence-corrected chi connectivity index (χ2v) is 5.88. The van der Waals surface area contributed by atoms with Gasteiger partial charge in [0.25, 0.3) is 0 Å². The van der Waals surface area contributed by atoms with E-state index >= 15 is 0 Å². The van der Waals surface area contributed by atoms with E-state index in [0.29, 0.717) is 5.92 Å². The molecule has 0 unspecified atom stereocenters. The van der Waals surface area contributed by atoms with E-state index < -0.39 is 0 Å². The first kappa shape index (κ1) is 15.6. The molecule has 4 heteroatoms. The standard InChI is InChI=1S/C17H25N3O/c1-13(2)10-18-11-15-6-5-7-17(19-15)20(4)12-16-9-8-14(3)21-16/h5-9,13,18H,10-12H2,1-4H3. The van der Waals surface area contributed by atoms with Crippen LogP contribution in [-0.2, 0) is 13.1 Å². The zero-order valence-corrected chi connectivity index (χ0v) is 13.4. The minimum absolute atomic E-state index is 0.651. The summed E-state index contributed by atoms with van der Waals surface area (Å²) < 4.78 is 5.62. The Hall–Kier alpha value is -1.81. The maximum atomic E-state index is 5.62. The quantitative estimate of drug-likeness (QED) is 0.848. The van der Waals surface area contributed by atoms with Gasteiger partial charge in [-0.3, -0.25) is 0 Å². The molecule has 0 amide bonds. The van der Waals surface area contributed by atoms with Crippen molar-refractivity contribution in [2.45, 2.75) is 33.9 Å². The van der Waals surface area contributed by atoms with Gasteiger partial charge in [-0.05, 0) is 43.7 Å². The first-order valence-electron chi connectivity index (χ1n) is 7.47. The third kappa shape index (κ3) is 4.90. The predicted molar refractivity (Wildman–Crippen MR) is 86.3 cm³/mol. The zero-order chi connectivity index (χ0) is 15.2. The first-order chi connectivity index (χ1) is 10.0. The average Bonchev–Trinajstić information content (AvgIpc) is 2.84. The molecule has 1 N–H and O–H groups in total. The van der Waals surface area contributed by atoms with Crippen molar-refractivity contribution >= 4 is 5.82 Å². The summed E-state index contributed by atoms with van der Waals surface area (Å²) in [5.74, 6) is 3.52. The van der Waals surface area contributed by atoms with E-state index in [1.807, 2.05) is 32.2 Å². The number of aromatic nitrogens is 1. The molecule has 0 spiro atoms. The molecule has 0 aliphatic rings. The summed E-state index contributed by atoms with van der Waals surface area (Å²) in [5.41, 5.74) is 1.07. The number of nitrogens with one attached hydrogen (secondary N) is 1. The van der Waals surface area contributed by atoms with Gasteiger partial charge >= 0.3 is 0 Å². The predicted octanol–water partition coefficient (Wildman–Crippen LogP) is 3.37. The van der Waals surface area contributed by atoms with Crippen molar-refractivity contribution < 1.29 is 4.42 Å². The van der Waals surface area contributed by atoms with E-state index in [0.717, 1.165) is 42.7 Å². The molecule has 0 bridgehead atoms. The van der Waals surface area contributed by atoms with Gasteiger partial charge in [-0.25, -0.2) is 4.98 Å². The summed E-state index contributed by atoms with van der Waals surface area (Å²) in [6, 6.07) is 10.1. The lowest BCUT2D eigenvalue weighted by atomic mass is 10.2. The van der Waals surface area contributed by atoms with E-state index in [1.54, 1.807) is 0 Å². The van der Waals surface area contributed by atoms with Crippen molar-refractivity contribution in [2.24, 2.45) is 5.92 Å². The van der Waals surface area contributed by atoms with Gasteiger partial charge < -0.3 is 14.6 Å². The summed E-state index contributed by atoms with van der Waals surface area (Å²) in [5, 5.41) is 3.42. The second kappa shape index (κ2) is 7.27. The number of rotatable bonds is 7. The molecule has 2 heterocycles. The van der Waals surface area contributed by atoms with Crippen LogP contribution in [0.3, 0.4) is 0 Å². The van der Waals surface area contributed by atoms with E-state index in [-0.39, 0.29) is 0 Å². The van der Waals surface area contributed by atoms with Gasteiger partial charge in [0.1, 0.15) is 17.3 Å². The number of aryl methyl sites for hydroxylation is 1. The van der Waals surface area contributed by atoms with Gasteiger partial charge in [0.15, 0.2) is 0 Å². The Morgan fingerprint density at radius 2 is 2.05 bits per heavy atom. The van der Waals surface area contributed by atoms with Crippen molar-refractivity contribution in [3.8, 4) is 0 Å². The van der Waals surface area contributed by atoms with Crippen LogP contribution < -0.4 is 10.2 Å². The molecular formula is C17H25N3O. The van der Waals surface area contributed by atoms with Gasteiger partial charge in [0, 0.05) is 13.6 Å². The largest absolute Gasteiger partial charge is 0.464 e. The van der Waals surface area contributed by atoms with Crippen LogP contribution in [0, 0.1) is 12.8 Å². The third-order valence-corrected chi connectivity index (χ3v) is 3.23. The maximum absolute atomic E-state index is 5.62. The molecule has 0 radical (unpaired) electrons. The number of hydrogen-bond acceptors (Lipinski definition) is 4. The van der Waals surface area contributed by atoms with E-state index in [4.69, 9.17) is 9.40 Å². The zero-order valence-electron chi connectivity index (χ0n) is 13.4. The summed E-state index contributed by atoms with van der Waals surface area (Å²) >= 11 is 0. The maximum Gasteiger partial charge on any atom is 0.129 e. The molecule has 4 nitrogen and oxygen atoms in total. The molecule has 2 aromatic heterocycles. The van der Waals surface area contributed by atoms with Crippen molar-refractivity contribution in [3.05, 3.63) is 47.5 Å². The molecule has 0 fully saturated rings. The van der Waals surface area contributed by atoms with E-state index in [1.165, 1.54) is 0 Å². The van der Waals surface area contributed by atoms with Crippen LogP contribution in [-0.4, -0.2) is 18.6 Å². The highest BCUT2D eigenvalue weighted by Gasteiger charge is 2.07. The lowest BCUT2D eigenvalue weighted by molar-refractivity contribution is 0.481. The Morgan fingerprint density at radius 3 is 2.71 bits per heavy atom. The van der Waals surface area contributed by atoms with Crippen LogP contribution in [0.1, 0.15) is 31.1 Å². The highest BCUT2D eigenvalue weighted by atomic mass is 16.3. The summed E-state index contributed by atoms with van der Waals surface area (Å²) in [4.78, 5) is 6.80. The molecule has 0 aliphatic carbocycles. The lowest BCUT2D eigenvalue weighted by Crippen LogP contribution is -2.21. The summed E-state index contributed by atoms with van der Waals surface area (Å²) in [6.07, 6.45) is 0. The highest BCUT2D eigenvalue weighted by molar-refractivity contribution is 5.38. The fraction of sp³-hybridized carbons (Fsp3) is 0.471. The molecular weight excluding hydrogens is 262 g/mol. The second-order valence-electron chi connectivity index (χ2n) is 5.88. The van der Waals surface area contributed by atoms with Crippen LogP contribution in [0.25, 0.3) is 0 Å². The van der Waals surface area contributed by atoms with Crippen molar-refractivity contribution in [1.82, 2.24) is 10.3 Å². The Morgan fingerprint density at radius 1 is 1.24 bits per heavy atom. The number of nitrogens with zero attached hydrogens (tertiary/aromatic N) is 2. The fourth-order valence-corrected chi connectivity index (χ4v) is 2.15. The summed E-state index contributed by atoms with van der Waals surface area (Å²) in [6.45, 7) is 8.91. The van der Waals surface area contributed by atoms with Gasteiger partial charge in [0.2, 0.25) is 0 Å². The molecule has 0 saturated carbocycles. The monoisotopic (exact) mass is 287 g/mol. The van der Waals surface area contributed by atoms with Gasteiger partial charge in [-0.1, -0.05) is 19.9 Å². The SMILES string of the molecule is Cc1ccc(CN(C)c2cccc(CNCC(C)C)n2)o1. The topological polar surface area (TPSA) is 41.3 Å². The van der Waals surface area contributed by atoms with E-state index in [9.17, 15) is 0 Å². The molecule has 2 rings (SSSR count). The van der Waals surface area contributed by atoms with Crippen LogP contribution in [0.4, 0.5) is 5.82 Å². The Kier molecular flexibility index (Phi) is 5.39. The van der Waals surface area contributed by atoms with Gasteiger partial charge in [0.05, 0.1) is 12.2 Å². The number of anilines is 1. The Labute approximate surface area is 127 Å². The number of hydrogen-bond donors (Lipinski definition) is 1. The third-order valence-electron chi connectivity index (χ3n) is 3.23. The minimum atomic E-state index is 0.651. The smallest absolute Gasteiger partial charge is 0.129 e. The van der Waals surface area contributed by atoms with Crippen LogP contribution in [0.2, 0.25) is 0 Å². The van der Waals surface area contributed by atoms with Crippen molar-refractivity contribution in [3.63, 3.8) is 0 Å². The normalized spacial score (nSPS) is 11.1. The van der Waals surface area contributed by atoms with Crippen molar-refractivity contribution in [2.75, 3.05) is 18.5 Å². The first-order valence-corrected chi connectivity index (χ1v) is 7.47. The molecule has 0 saturated heterocycles. The van der Waals surface area contributed by atoms with E-state index in [2.05, 4.69) is 36.2 Å². The molecule has 21 heavy (non-hydrogen) atoms. The minimum Gasteiger partial charge on any atom is -0.464 e. The number of pyridine rings is 1. The van der Waals surface area contributed by atoms with Crippen LogP contribution in [0.15, 0.2) is 34.7 Å².